The van der Waals surface area contributed by atoms with Crippen molar-refractivity contribution in [1.82, 2.24) is 0 Å². The number of hydrogen-bond acceptors (Lipinski definition) is 3. The third kappa shape index (κ3) is 2.46. The molecule has 3 rings (SSSR count). The molecule has 2 saturated heterocycles. The van der Waals surface area contributed by atoms with Crippen LogP contribution in [0, 0.1) is 11.8 Å². The molecule has 3 heteroatoms. The Labute approximate surface area is 114 Å². The van der Waals surface area contributed by atoms with E-state index in [2.05, 4.69) is 25.6 Å². The Hall–Kier alpha value is -1.16. The van der Waals surface area contributed by atoms with E-state index in [-0.39, 0.29) is 24.4 Å². The second-order valence-corrected chi connectivity index (χ2v) is 5.31. The second kappa shape index (κ2) is 5.45. The first-order valence-corrected chi connectivity index (χ1v) is 6.84. The summed E-state index contributed by atoms with van der Waals surface area (Å²) in [5, 5.41) is 0. The zero-order valence-electron chi connectivity index (χ0n) is 11.2. The molecule has 0 aliphatic carbocycles. The van der Waals surface area contributed by atoms with Gasteiger partial charge in [-0.25, -0.2) is 0 Å². The van der Waals surface area contributed by atoms with Gasteiger partial charge in [0.1, 0.15) is 6.10 Å². The molecule has 0 amide bonds. The Kier molecular flexibility index (Phi) is 3.69. The number of fused-ring (bicyclic) bond motifs is 2. The first kappa shape index (κ1) is 12.9. The van der Waals surface area contributed by atoms with Gasteiger partial charge in [-0.15, -0.1) is 6.58 Å². The molecule has 0 aromatic heterocycles. The molecule has 0 spiro atoms. The molecule has 2 heterocycles. The fraction of sp³-hybridized carbons (Fsp3) is 0.500. The van der Waals surface area contributed by atoms with Crippen molar-refractivity contribution >= 4 is 0 Å². The van der Waals surface area contributed by atoms with Crippen LogP contribution in [-0.2, 0) is 20.8 Å². The molecule has 0 unspecified atom stereocenters. The van der Waals surface area contributed by atoms with Crippen molar-refractivity contribution in [3.05, 3.63) is 48.6 Å². The SMILES string of the molecule is C=C[C@H]1[C@H](C)[C@H]2CO[C@H](O2)[C@H]1OCc1ccccc1. The summed E-state index contributed by atoms with van der Waals surface area (Å²) in [4.78, 5) is 0. The molecule has 2 fully saturated rings. The van der Waals surface area contributed by atoms with Crippen LogP contribution in [0.1, 0.15) is 12.5 Å². The smallest absolute Gasteiger partial charge is 0.184 e. The highest BCUT2D eigenvalue weighted by Gasteiger charge is 2.48. The number of ether oxygens (including phenoxy) is 3. The van der Waals surface area contributed by atoms with Gasteiger partial charge in [0.05, 0.1) is 19.3 Å². The first-order chi connectivity index (χ1) is 9.29. The van der Waals surface area contributed by atoms with Crippen molar-refractivity contribution < 1.29 is 14.2 Å². The Bertz CT molecular complexity index is 431. The summed E-state index contributed by atoms with van der Waals surface area (Å²) in [6, 6.07) is 10.2. The Morgan fingerprint density at radius 3 is 2.89 bits per heavy atom. The summed E-state index contributed by atoms with van der Waals surface area (Å²) in [7, 11) is 0. The summed E-state index contributed by atoms with van der Waals surface area (Å²) < 4.78 is 17.6. The van der Waals surface area contributed by atoms with E-state index in [1.807, 2.05) is 24.3 Å². The van der Waals surface area contributed by atoms with Crippen LogP contribution in [0.5, 0.6) is 0 Å². The van der Waals surface area contributed by atoms with E-state index < -0.39 is 0 Å². The van der Waals surface area contributed by atoms with Gasteiger partial charge in [0.2, 0.25) is 0 Å². The van der Waals surface area contributed by atoms with E-state index in [1.165, 1.54) is 0 Å². The third-order valence-corrected chi connectivity index (χ3v) is 4.13. The quantitative estimate of drug-likeness (QED) is 0.779. The summed E-state index contributed by atoms with van der Waals surface area (Å²) >= 11 is 0. The van der Waals surface area contributed by atoms with Gasteiger partial charge in [-0.05, 0) is 11.5 Å². The molecule has 0 N–H and O–H groups in total. The summed E-state index contributed by atoms with van der Waals surface area (Å²) in [6.07, 6.45) is 1.86. The van der Waals surface area contributed by atoms with Crippen LogP contribution in [0.4, 0.5) is 0 Å². The van der Waals surface area contributed by atoms with Crippen LogP contribution in [-0.4, -0.2) is 25.1 Å². The van der Waals surface area contributed by atoms with E-state index in [0.717, 1.165) is 5.56 Å². The molecule has 19 heavy (non-hydrogen) atoms. The van der Waals surface area contributed by atoms with Gasteiger partial charge in [0.15, 0.2) is 6.29 Å². The van der Waals surface area contributed by atoms with Crippen LogP contribution in [0.2, 0.25) is 0 Å². The van der Waals surface area contributed by atoms with Gasteiger partial charge in [-0.3, -0.25) is 0 Å². The van der Waals surface area contributed by atoms with Crippen LogP contribution >= 0.6 is 0 Å². The average Bonchev–Trinajstić information content (AvgIpc) is 2.89. The Morgan fingerprint density at radius 2 is 2.16 bits per heavy atom. The van der Waals surface area contributed by atoms with Crippen molar-refractivity contribution in [3.63, 3.8) is 0 Å². The zero-order chi connectivity index (χ0) is 13.2. The summed E-state index contributed by atoms with van der Waals surface area (Å²) in [5.74, 6) is 0.673. The molecule has 2 aliphatic rings. The molecule has 5 atom stereocenters. The van der Waals surface area contributed by atoms with E-state index in [9.17, 15) is 0 Å². The zero-order valence-corrected chi connectivity index (χ0v) is 11.2. The topological polar surface area (TPSA) is 27.7 Å². The van der Waals surface area contributed by atoms with E-state index >= 15 is 0 Å². The van der Waals surface area contributed by atoms with E-state index in [1.54, 1.807) is 0 Å². The average molecular weight is 260 g/mol. The van der Waals surface area contributed by atoms with Crippen molar-refractivity contribution in [1.29, 1.82) is 0 Å². The largest absolute Gasteiger partial charge is 0.368 e. The van der Waals surface area contributed by atoms with Crippen molar-refractivity contribution in [2.75, 3.05) is 6.61 Å². The minimum absolute atomic E-state index is 0.0635. The number of benzene rings is 1. The van der Waals surface area contributed by atoms with Crippen LogP contribution in [0.15, 0.2) is 43.0 Å². The highest BCUT2D eigenvalue weighted by molar-refractivity contribution is 5.13. The molecule has 102 valence electrons. The van der Waals surface area contributed by atoms with E-state index in [4.69, 9.17) is 14.2 Å². The minimum atomic E-state index is -0.243. The monoisotopic (exact) mass is 260 g/mol. The third-order valence-electron chi connectivity index (χ3n) is 4.13. The van der Waals surface area contributed by atoms with Crippen LogP contribution < -0.4 is 0 Å². The van der Waals surface area contributed by atoms with Gasteiger partial charge in [0, 0.05) is 5.92 Å². The molecule has 2 bridgehead atoms. The number of rotatable bonds is 4. The maximum atomic E-state index is 6.05. The lowest BCUT2D eigenvalue weighted by molar-refractivity contribution is -0.204. The van der Waals surface area contributed by atoms with Crippen LogP contribution in [0.25, 0.3) is 0 Å². The fourth-order valence-corrected chi connectivity index (χ4v) is 2.92. The van der Waals surface area contributed by atoms with Gasteiger partial charge in [0.25, 0.3) is 0 Å². The maximum absolute atomic E-state index is 6.05. The normalized spacial score (nSPS) is 37.2. The van der Waals surface area contributed by atoms with Gasteiger partial charge >= 0.3 is 0 Å². The molecule has 0 saturated carbocycles. The van der Waals surface area contributed by atoms with Crippen molar-refractivity contribution in [2.24, 2.45) is 11.8 Å². The lowest BCUT2D eigenvalue weighted by atomic mass is 9.83. The maximum Gasteiger partial charge on any atom is 0.184 e. The van der Waals surface area contributed by atoms with Gasteiger partial charge < -0.3 is 14.2 Å². The number of hydrogen-bond donors (Lipinski definition) is 0. The predicted molar refractivity (Wildman–Crippen MR) is 72.5 cm³/mol. The highest BCUT2D eigenvalue weighted by atomic mass is 16.7. The standard InChI is InChI=1S/C16H20O3/c1-3-13-11(2)14-10-18-16(19-14)15(13)17-9-12-7-5-4-6-8-12/h3-8,11,13-16H,1,9-10H2,2H3/t11-,13-,14+,15-,16+/m0/s1. The van der Waals surface area contributed by atoms with E-state index in [0.29, 0.717) is 19.1 Å². The summed E-state index contributed by atoms with van der Waals surface area (Å²) in [5.41, 5.74) is 1.16. The summed E-state index contributed by atoms with van der Waals surface area (Å²) in [6.45, 7) is 7.37. The Morgan fingerprint density at radius 1 is 1.37 bits per heavy atom. The molecule has 1 aromatic rings. The highest BCUT2D eigenvalue weighted by Crippen LogP contribution is 2.38. The molecule has 1 aromatic carbocycles. The Balaban J connectivity index is 1.69. The van der Waals surface area contributed by atoms with Crippen molar-refractivity contribution in [2.45, 2.75) is 32.0 Å². The van der Waals surface area contributed by atoms with Crippen molar-refractivity contribution in [3.8, 4) is 0 Å². The lowest BCUT2D eigenvalue weighted by Crippen LogP contribution is -2.46. The molecular formula is C16H20O3. The van der Waals surface area contributed by atoms with Crippen LogP contribution in [0.3, 0.4) is 0 Å². The fourth-order valence-electron chi connectivity index (χ4n) is 2.92. The first-order valence-electron chi connectivity index (χ1n) is 6.84. The second-order valence-electron chi connectivity index (χ2n) is 5.31. The molecule has 0 radical (unpaired) electrons. The molecule has 2 aliphatic heterocycles. The molecular weight excluding hydrogens is 240 g/mol. The van der Waals surface area contributed by atoms with Gasteiger partial charge in [-0.1, -0.05) is 43.3 Å². The minimum Gasteiger partial charge on any atom is -0.368 e. The lowest BCUT2D eigenvalue weighted by Gasteiger charge is -2.38. The van der Waals surface area contributed by atoms with Gasteiger partial charge in [-0.2, -0.15) is 0 Å². The predicted octanol–water partition coefficient (Wildman–Crippen LogP) is 2.77. The molecule has 3 nitrogen and oxygen atoms in total.